The van der Waals surface area contributed by atoms with Crippen molar-refractivity contribution in [3.63, 3.8) is 0 Å². The molecule has 6 heteroatoms. The van der Waals surface area contributed by atoms with E-state index in [-0.39, 0.29) is 36.8 Å². The fourth-order valence-corrected chi connectivity index (χ4v) is 3.89. The van der Waals surface area contributed by atoms with E-state index in [1.165, 1.54) is 17.7 Å². The van der Waals surface area contributed by atoms with Gasteiger partial charge in [0.25, 0.3) is 0 Å². The van der Waals surface area contributed by atoms with Gasteiger partial charge in [0.15, 0.2) is 0 Å². The fourth-order valence-electron chi connectivity index (χ4n) is 3.89. The molecule has 1 N–H and O–H groups in total. The third-order valence-electron chi connectivity index (χ3n) is 5.51. The van der Waals surface area contributed by atoms with Crippen LogP contribution in [0.25, 0.3) is 0 Å². The number of anilines is 2. The molecule has 0 atom stereocenters. The monoisotopic (exact) mass is 395 g/mol. The van der Waals surface area contributed by atoms with Crippen molar-refractivity contribution in [2.75, 3.05) is 22.9 Å². The number of benzene rings is 2. The van der Waals surface area contributed by atoms with Gasteiger partial charge in [-0.15, -0.1) is 0 Å². The zero-order chi connectivity index (χ0) is 20.2. The van der Waals surface area contributed by atoms with E-state index in [2.05, 4.69) is 11.4 Å². The van der Waals surface area contributed by atoms with Crippen LogP contribution >= 0.6 is 0 Å². The Morgan fingerprint density at radius 2 is 1.83 bits per heavy atom. The van der Waals surface area contributed by atoms with Crippen LogP contribution in [0.3, 0.4) is 0 Å². The molecular formula is C23H26FN3O2. The molecule has 1 fully saturated rings. The summed E-state index contributed by atoms with van der Waals surface area (Å²) < 4.78 is 13.2. The van der Waals surface area contributed by atoms with Gasteiger partial charge in [0.05, 0.1) is 0 Å². The maximum absolute atomic E-state index is 13.2. The average molecular weight is 395 g/mol. The highest BCUT2D eigenvalue weighted by molar-refractivity contribution is 5.96. The number of para-hydroxylation sites is 1. The van der Waals surface area contributed by atoms with Crippen LogP contribution in [-0.2, 0) is 11.2 Å². The van der Waals surface area contributed by atoms with E-state index in [9.17, 15) is 14.0 Å². The van der Waals surface area contributed by atoms with Gasteiger partial charge in [-0.05, 0) is 68.0 Å². The number of rotatable bonds is 5. The average Bonchev–Trinajstić information content (AvgIpc) is 3.56. The van der Waals surface area contributed by atoms with E-state index in [1.54, 1.807) is 21.9 Å². The van der Waals surface area contributed by atoms with E-state index >= 15 is 0 Å². The van der Waals surface area contributed by atoms with E-state index in [1.807, 2.05) is 18.2 Å². The molecular weight excluding hydrogens is 369 g/mol. The summed E-state index contributed by atoms with van der Waals surface area (Å²) in [6, 6.07) is 14.0. The number of carbonyl (C=O) groups excluding carboxylic acids is 2. The van der Waals surface area contributed by atoms with Crippen LogP contribution in [0, 0.1) is 5.82 Å². The standard InChI is InChI=1S/C23H26FN3O2/c24-18-8-10-19(11-9-18)27(20-12-13-20)22(28)14-15-25-23(29)26-16-4-3-6-17-5-1-2-7-21(17)26/h1-2,5,7-11,20H,3-4,6,12-16H2,(H,25,29). The summed E-state index contributed by atoms with van der Waals surface area (Å²) in [7, 11) is 0. The van der Waals surface area contributed by atoms with E-state index in [4.69, 9.17) is 0 Å². The van der Waals surface area contributed by atoms with Gasteiger partial charge in [-0.3, -0.25) is 9.69 Å². The second-order valence-electron chi connectivity index (χ2n) is 7.69. The van der Waals surface area contributed by atoms with Crippen LogP contribution in [0.4, 0.5) is 20.6 Å². The van der Waals surface area contributed by atoms with Gasteiger partial charge >= 0.3 is 6.03 Å². The van der Waals surface area contributed by atoms with Gasteiger partial charge in [-0.1, -0.05) is 18.2 Å². The van der Waals surface area contributed by atoms with Crippen LogP contribution in [0.1, 0.15) is 37.7 Å². The second kappa shape index (κ2) is 8.64. The summed E-state index contributed by atoms with van der Waals surface area (Å²) in [4.78, 5) is 29.1. The Hall–Kier alpha value is -2.89. The maximum atomic E-state index is 13.2. The number of hydrogen-bond donors (Lipinski definition) is 1. The largest absolute Gasteiger partial charge is 0.337 e. The fraction of sp³-hybridized carbons (Fsp3) is 0.391. The Morgan fingerprint density at radius 3 is 2.59 bits per heavy atom. The first kappa shape index (κ1) is 19.4. The van der Waals surface area contributed by atoms with E-state index < -0.39 is 0 Å². The van der Waals surface area contributed by atoms with Crippen molar-refractivity contribution in [1.82, 2.24) is 5.32 Å². The number of hydrogen-bond acceptors (Lipinski definition) is 2. The van der Waals surface area contributed by atoms with Crippen LogP contribution in [0.2, 0.25) is 0 Å². The quantitative estimate of drug-likeness (QED) is 0.822. The highest BCUT2D eigenvalue weighted by Crippen LogP contribution is 2.32. The lowest BCUT2D eigenvalue weighted by Crippen LogP contribution is -2.42. The Bertz CT molecular complexity index is 880. The normalized spacial score (nSPS) is 16.0. The molecule has 0 aromatic heterocycles. The zero-order valence-electron chi connectivity index (χ0n) is 16.4. The maximum Gasteiger partial charge on any atom is 0.321 e. The van der Waals surface area contributed by atoms with Crippen molar-refractivity contribution in [2.45, 2.75) is 44.6 Å². The lowest BCUT2D eigenvalue weighted by Gasteiger charge is -2.25. The summed E-state index contributed by atoms with van der Waals surface area (Å²) in [6.45, 7) is 0.960. The van der Waals surface area contributed by atoms with Gasteiger partial charge in [0, 0.05) is 36.9 Å². The number of carbonyl (C=O) groups is 2. The van der Waals surface area contributed by atoms with Crippen molar-refractivity contribution >= 4 is 23.3 Å². The summed E-state index contributed by atoms with van der Waals surface area (Å²) in [5.74, 6) is -0.363. The number of nitrogens with one attached hydrogen (secondary N) is 1. The summed E-state index contributed by atoms with van der Waals surface area (Å²) in [5, 5.41) is 2.91. The molecule has 0 saturated heterocycles. The van der Waals surface area contributed by atoms with Crippen LogP contribution in [-0.4, -0.2) is 31.1 Å². The molecule has 0 bridgehead atoms. The number of fused-ring (bicyclic) bond motifs is 1. The van der Waals surface area contributed by atoms with Crippen molar-refractivity contribution < 1.29 is 14.0 Å². The summed E-state index contributed by atoms with van der Waals surface area (Å²) in [5.41, 5.74) is 2.86. The number of halogens is 1. The number of amides is 3. The lowest BCUT2D eigenvalue weighted by atomic mass is 10.1. The highest BCUT2D eigenvalue weighted by Gasteiger charge is 2.33. The first-order valence-corrected chi connectivity index (χ1v) is 10.3. The predicted molar refractivity (Wildman–Crippen MR) is 112 cm³/mol. The van der Waals surface area contributed by atoms with E-state index in [0.717, 1.165) is 37.8 Å². The third kappa shape index (κ3) is 4.58. The minimum absolute atomic E-state index is 0.0457. The minimum atomic E-state index is -0.318. The Kier molecular flexibility index (Phi) is 5.79. The number of nitrogens with zero attached hydrogens (tertiary/aromatic N) is 2. The van der Waals surface area contributed by atoms with Crippen molar-refractivity contribution in [2.24, 2.45) is 0 Å². The van der Waals surface area contributed by atoms with Crippen LogP contribution in [0.5, 0.6) is 0 Å². The molecule has 1 saturated carbocycles. The van der Waals surface area contributed by atoms with Gasteiger partial charge in [-0.2, -0.15) is 0 Å². The van der Waals surface area contributed by atoms with Crippen molar-refractivity contribution in [3.05, 3.63) is 59.9 Å². The van der Waals surface area contributed by atoms with Crippen LogP contribution in [0.15, 0.2) is 48.5 Å². The molecule has 5 nitrogen and oxygen atoms in total. The Morgan fingerprint density at radius 1 is 1.07 bits per heavy atom. The molecule has 1 aliphatic carbocycles. The third-order valence-corrected chi connectivity index (χ3v) is 5.51. The smallest absolute Gasteiger partial charge is 0.321 e. The predicted octanol–water partition coefficient (Wildman–Crippen LogP) is 4.26. The molecule has 2 aromatic carbocycles. The molecule has 0 spiro atoms. The molecule has 0 unspecified atom stereocenters. The second-order valence-corrected chi connectivity index (χ2v) is 7.69. The minimum Gasteiger partial charge on any atom is -0.337 e. The lowest BCUT2D eigenvalue weighted by molar-refractivity contribution is -0.118. The van der Waals surface area contributed by atoms with Gasteiger partial charge in [0.2, 0.25) is 5.91 Å². The topological polar surface area (TPSA) is 52.7 Å². The zero-order valence-corrected chi connectivity index (χ0v) is 16.4. The van der Waals surface area contributed by atoms with E-state index in [0.29, 0.717) is 12.2 Å². The van der Waals surface area contributed by atoms with Gasteiger partial charge in [0.1, 0.15) is 5.82 Å². The van der Waals surface area contributed by atoms with Crippen LogP contribution < -0.4 is 15.1 Å². The molecule has 1 aliphatic heterocycles. The van der Waals surface area contributed by atoms with Crippen molar-refractivity contribution in [3.8, 4) is 0 Å². The number of aryl methyl sites for hydroxylation is 1. The summed E-state index contributed by atoms with van der Waals surface area (Å²) >= 11 is 0. The molecule has 29 heavy (non-hydrogen) atoms. The number of urea groups is 1. The molecule has 3 amide bonds. The molecule has 2 aliphatic rings. The highest BCUT2D eigenvalue weighted by atomic mass is 19.1. The molecule has 1 heterocycles. The first-order valence-electron chi connectivity index (χ1n) is 10.3. The SMILES string of the molecule is O=C(NCCC(=O)N(c1ccc(F)cc1)C1CC1)N1CCCCc2ccccc21. The van der Waals surface area contributed by atoms with Crippen molar-refractivity contribution in [1.29, 1.82) is 0 Å². The molecule has 4 rings (SSSR count). The Labute approximate surface area is 170 Å². The Balaban J connectivity index is 1.36. The van der Waals surface area contributed by atoms with Gasteiger partial charge < -0.3 is 10.2 Å². The van der Waals surface area contributed by atoms with Gasteiger partial charge in [-0.25, -0.2) is 9.18 Å². The summed E-state index contributed by atoms with van der Waals surface area (Å²) in [6.07, 6.45) is 5.13. The first-order chi connectivity index (χ1) is 14.1. The molecule has 2 aromatic rings. The molecule has 152 valence electrons. The molecule has 0 radical (unpaired) electrons.